The molecular formula is C19H21Cl2N3O3. The van der Waals surface area contributed by atoms with Crippen LogP contribution in [0, 0.1) is 0 Å². The van der Waals surface area contributed by atoms with Crippen molar-refractivity contribution in [3.63, 3.8) is 0 Å². The minimum absolute atomic E-state index is 0.0550. The van der Waals surface area contributed by atoms with Gasteiger partial charge in [0.25, 0.3) is 5.91 Å². The molecule has 1 aliphatic rings. The maximum absolute atomic E-state index is 12.6. The fourth-order valence-electron chi connectivity index (χ4n) is 2.75. The summed E-state index contributed by atoms with van der Waals surface area (Å²) < 4.78 is 0. The van der Waals surface area contributed by atoms with Gasteiger partial charge in [0.2, 0.25) is 5.91 Å². The number of carbonyl (C=O) groups excluding carboxylic acids is 2. The lowest BCUT2D eigenvalue weighted by Gasteiger charge is -2.24. The Morgan fingerprint density at radius 1 is 1.41 bits per heavy atom. The van der Waals surface area contributed by atoms with Crippen molar-refractivity contribution in [3.8, 4) is 0 Å². The van der Waals surface area contributed by atoms with Crippen LogP contribution in [0.5, 0.6) is 0 Å². The minimum Gasteiger partial charge on any atom is -0.391 e. The maximum Gasteiger partial charge on any atom is 0.254 e. The van der Waals surface area contributed by atoms with E-state index in [0.717, 1.165) is 5.56 Å². The number of nitrogens with one attached hydrogen (secondary N) is 1. The monoisotopic (exact) mass is 409 g/mol. The van der Waals surface area contributed by atoms with Gasteiger partial charge in [0.1, 0.15) is 11.2 Å². The second kappa shape index (κ2) is 9.69. The van der Waals surface area contributed by atoms with Crippen LogP contribution in [0.1, 0.15) is 18.9 Å². The first-order chi connectivity index (χ1) is 12.8. The lowest BCUT2D eigenvalue weighted by atomic mass is 10.1. The molecule has 144 valence electrons. The zero-order valence-corrected chi connectivity index (χ0v) is 16.4. The second-order valence-electron chi connectivity index (χ2n) is 6.09. The van der Waals surface area contributed by atoms with E-state index >= 15 is 0 Å². The highest BCUT2D eigenvalue weighted by molar-refractivity contribution is 6.30. The summed E-state index contributed by atoms with van der Waals surface area (Å²) >= 11 is 11.7. The van der Waals surface area contributed by atoms with Crippen LogP contribution >= 0.6 is 23.2 Å². The molecule has 0 saturated carbocycles. The van der Waals surface area contributed by atoms with E-state index < -0.39 is 18.1 Å². The summed E-state index contributed by atoms with van der Waals surface area (Å²) in [7, 11) is 0. The molecule has 1 saturated heterocycles. The quantitative estimate of drug-likeness (QED) is 0.328. The molecule has 2 atom stereocenters. The van der Waals surface area contributed by atoms with Gasteiger partial charge >= 0.3 is 0 Å². The van der Waals surface area contributed by atoms with Crippen LogP contribution in [0.2, 0.25) is 5.02 Å². The van der Waals surface area contributed by atoms with Crippen molar-refractivity contribution < 1.29 is 14.7 Å². The third kappa shape index (κ3) is 5.92. The van der Waals surface area contributed by atoms with Gasteiger partial charge in [-0.05, 0) is 30.7 Å². The highest BCUT2D eigenvalue weighted by Crippen LogP contribution is 2.21. The molecule has 1 heterocycles. The van der Waals surface area contributed by atoms with E-state index in [-0.39, 0.29) is 29.6 Å². The number of β-amino-alcohol motifs (C(OH)–C–C–N with tert-alkyl or cyclic N) is 1. The molecule has 0 aromatic heterocycles. The third-order valence-electron chi connectivity index (χ3n) is 4.04. The first-order valence-electron chi connectivity index (χ1n) is 8.37. The molecule has 6 nitrogen and oxygen atoms in total. The number of likely N-dealkylation sites (tertiary alicyclic amines) is 1. The van der Waals surface area contributed by atoms with Crippen LogP contribution in [-0.2, 0) is 16.1 Å². The van der Waals surface area contributed by atoms with E-state index in [0.29, 0.717) is 11.6 Å². The van der Waals surface area contributed by atoms with E-state index in [1.807, 2.05) is 0 Å². The zero-order chi connectivity index (χ0) is 20.0. The summed E-state index contributed by atoms with van der Waals surface area (Å²) in [4.78, 5) is 30.3. The molecule has 1 aliphatic heterocycles. The van der Waals surface area contributed by atoms with Crippen molar-refractivity contribution >= 4 is 41.2 Å². The van der Waals surface area contributed by atoms with Crippen LogP contribution in [0.4, 0.5) is 0 Å². The lowest BCUT2D eigenvalue weighted by molar-refractivity contribution is -0.135. The molecular weight excluding hydrogens is 389 g/mol. The van der Waals surface area contributed by atoms with Gasteiger partial charge in [-0.1, -0.05) is 41.9 Å². The van der Waals surface area contributed by atoms with Gasteiger partial charge in [-0.15, -0.1) is 0 Å². The van der Waals surface area contributed by atoms with E-state index in [2.05, 4.69) is 16.9 Å². The highest BCUT2D eigenvalue weighted by atomic mass is 35.5. The molecule has 0 radical (unpaired) electrons. The van der Waals surface area contributed by atoms with Crippen molar-refractivity contribution in [1.82, 2.24) is 10.2 Å². The predicted octanol–water partition coefficient (Wildman–Crippen LogP) is 2.65. The zero-order valence-electron chi connectivity index (χ0n) is 14.9. The minimum atomic E-state index is -0.779. The Bertz CT molecular complexity index is 775. The molecule has 0 aliphatic carbocycles. The molecule has 2 rings (SSSR count). The van der Waals surface area contributed by atoms with Crippen LogP contribution in [0.15, 0.2) is 52.6 Å². The summed E-state index contributed by atoms with van der Waals surface area (Å²) in [6, 6.07) is 6.29. The summed E-state index contributed by atoms with van der Waals surface area (Å²) in [5.41, 5.74) is 0.968. The number of amides is 2. The van der Waals surface area contributed by atoms with Crippen LogP contribution < -0.4 is 5.32 Å². The van der Waals surface area contributed by atoms with Gasteiger partial charge in [-0.3, -0.25) is 9.59 Å². The number of aliphatic hydroxyl groups excluding tert-OH is 1. The van der Waals surface area contributed by atoms with E-state index in [1.165, 1.54) is 17.2 Å². The van der Waals surface area contributed by atoms with Crippen molar-refractivity contribution in [2.45, 2.75) is 32.0 Å². The highest BCUT2D eigenvalue weighted by Gasteiger charge is 2.39. The predicted molar refractivity (Wildman–Crippen MR) is 107 cm³/mol. The smallest absolute Gasteiger partial charge is 0.254 e. The van der Waals surface area contributed by atoms with Crippen molar-refractivity contribution in [1.29, 1.82) is 0 Å². The number of benzene rings is 1. The maximum atomic E-state index is 12.6. The largest absolute Gasteiger partial charge is 0.391 e. The van der Waals surface area contributed by atoms with Crippen molar-refractivity contribution in [2.24, 2.45) is 4.99 Å². The van der Waals surface area contributed by atoms with Crippen LogP contribution in [0.25, 0.3) is 0 Å². The molecule has 0 spiro atoms. The Kier molecular flexibility index (Phi) is 7.59. The Labute approximate surface area is 168 Å². The van der Waals surface area contributed by atoms with E-state index in [1.54, 1.807) is 31.2 Å². The van der Waals surface area contributed by atoms with Crippen LogP contribution in [-0.4, -0.2) is 46.7 Å². The Morgan fingerprint density at radius 3 is 2.70 bits per heavy atom. The topological polar surface area (TPSA) is 82.0 Å². The average Bonchev–Trinajstić information content (AvgIpc) is 3.02. The molecule has 0 bridgehead atoms. The standard InChI is InChI=1S/C19H21Cl2N3O3/c1-3-22-17(21)8-12(2)19(27)24-11-15(25)9-16(24)18(26)23-10-13-4-6-14(20)7-5-13/h3-8,15-16,25H,2,9-11H2,1H3,(H,23,26)/b17-8-,22-3-/t15-,16+/m1/s1. The van der Waals surface area contributed by atoms with Gasteiger partial charge in [0, 0.05) is 36.3 Å². The lowest BCUT2D eigenvalue weighted by Crippen LogP contribution is -2.46. The Morgan fingerprint density at radius 2 is 2.07 bits per heavy atom. The van der Waals surface area contributed by atoms with Crippen molar-refractivity contribution in [3.05, 3.63) is 58.2 Å². The molecule has 1 fully saturated rings. The van der Waals surface area contributed by atoms with Crippen LogP contribution in [0.3, 0.4) is 0 Å². The molecule has 1 aromatic rings. The SMILES string of the molecule is C=C(/C=C(Cl)\N=C/C)C(=O)N1C[C@H](O)C[C@H]1C(=O)NCc1ccc(Cl)cc1. The summed E-state index contributed by atoms with van der Waals surface area (Å²) in [6.07, 6.45) is 2.21. The Balaban J connectivity index is 2.04. The molecule has 0 unspecified atom stereocenters. The molecule has 8 heteroatoms. The molecule has 2 N–H and O–H groups in total. The Hall–Kier alpha value is -2.15. The normalized spacial score (nSPS) is 20.1. The van der Waals surface area contributed by atoms with Gasteiger partial charge in [0.05, 0.1) is 6.10 Å². The third-order valence-corrected chi connectivity index (χ3v) is 4.50. The first-order valence-corrected chi connectivity index (χ1v) is 9.13. The van der Waals surface area contributed by atoms with Gasteiger partial charge < -0.3 is 15.3 Å². The van der Waals surface area contributed by atoms with E-state index in [9.17, 15) is 14.7 Å². The van der Waals surface area contributed by atoms with Gasteiger partial charge in [-0.25, -0.2) is 4.99 Å². The number of aliphatic hydroxyl groups is 1. The number of rotatable bonds is 6. The summed E-state index contributed by atoms with van der Waals surface area (Å²) in [5, 5.41) is 13.5. The molecule has 2 amide bonds. The fraction of sp³-hybridized carbons (Fsp3) is 0.316. The summed E-state index contributed by atoms with van der Waals surface area (Å²) in [6.45, 7) is 5.73. The number of carbonyl (C=O) groups is 2. The molecule has 27 heavy (non-hydrogen) atoms. The van der Waals surface area contributed by atoms with E-state index in [4.69, 9.17) is 23.2 Å². The average molecular weight is 410 g/mol. The number of aliphatic imine (C=N–C) groups is 1. The van der Waals surface area contributed by atoms with Gasteiger partial charge in [0.15, 0.2) is 0 Å². The number of hydrogen-bond acceptors (Lipinski definition) is 4. The van der Waals surface area contributed by atoms with Crippen molar-refractivity contribution in [2.75, 3.05) is 6.54 Å². The molecule has 1 aromatic carbocycles. The number of nitrogens with zero attached hydrogens (tertiary/aromatic N) is 2. The fourth-order valence-corrected chi connectivity index (χ4v) is 3.10. The number of hydrogen-bond donors (Lipinski definition) is 2. The van der Waals surface area contributed by atoms with Gasteiger partial charge in [-0.2, -0.15) is 0 Å². The number of halogens is 2. The second-order valence-corrected chi connectivity index (χ2v) is 6.91. The summed E-state index contributed by atoms with van der Waals surface area (Å²) in [5.74, 6) is -0.813. The first kappa shape index (κ1) is 21.2.